The highest BCUT2D eigenvalue weighted by Crippen LogP contribution is 2.57. The molecule has 1 fully saturated rings. The highest BCUT2D eigenvalue weighted by atomic mass is 16.4. The first-order chi connectivity index (χ1) is 15.2. The summed E-state index contributed by atoms with van der Waals surface area (Å²) >= 11 is 0. The number of carbonyl (C=O) groups is 3. The number of primary amides is 1. The molecule has 6 atom stereocenters. The number of aromatic hydroxyl groups is 1. The van der Waals surface area contributed by atoms with Gasteiger partial charge >= 0.3 is 0 Å². The number of hydrogen-bond donors (Lipinski definition) is 7. The third-order valence-electron chi connectivity index (χ3n) is 7.03. The second-order valence-corrected chi connectivity index (χ2v) is 9.06. The van der Waals surface area contributed by atoms with Crippen LogP contribution in [0.3, 0.4) is 0 Å². The summed E-state index contributed by atoms with van der Waals surface area (Å²) in [4.78, 5) is 39.9. The van der Waals surface area contributed by atoms with E-state index in [1.165, 1.54) is 44.1 Å². The minimum atomic E-state index is -3.02. The lowest BCUT2D eigenvalue weighted by atomic mass is 9.53. The normalized spacial score (nSPS) is 36.0. The number of rotatable bonds is 2. The van der Waals surface area contributed by atoms with Gasteiger partial charge in [0, 0.05) is 0 Å². The molecular formula is C22H24N2O9. The van der Waals surface area contributed by atoms with Crippen LogP contribution in [0.25, 0.3) is 5.76 Å². The van der Waals surface area contributed by atoms with Crippen molar-refractivity contribution in [1.82, 2.24) is 4.90 Å². The van der Waals surface area contributed by atoms with Crippen molar-refractivity contribution in [3.63, 3.8) is 0 Å². The predicted octanol–water partition coefficient (Wildman–Crippen LogP) is -1.40. The van der Waals surface area contributed by atoms with Gasteiger partial charge in [-0.25, -0.2) is 0 Å². The van der Waals surface area contributed by atoms with Crippen LogP contribution in [0.1, 0.15) is 18.1 Å². The van der Waals surface area contributed by atoms with Gasteiger partial charge in [0.15, 0.2) is 11.4 Å². The van der Waals surface area contributed by atoms with Gasteiger partial charge in [-0.05, 0) is 32.6 Å². The van der Waals surface area contributed by atoms with E-state index in [1.807, 2.05) is 0 Å². The molecular weight excluding hydrogens is 436 g/mol. The van der Waals surface area contributed by atoms with E-state index >= 15 is 0 Å². The van der Waals surface area contributed by atoms with Crippen molar-refractivity contribution in [1.29, 1.82) is 0 Å². The van der Waals surface area contributed by atoms with E-state index < -0.39 is 81.1 Å². The number of phenols is 1. The zero-order valence-corrected chi connectivity index (χ0v) is 18.0. The van der Waals surface area contributed by atoms with E-state index in [0.717, 1.165) is 0 Å². The van der Waals surface area contributed by atoms with E-state index in [4.69, 9.17) is 5.73 Å². The van der Waals surface area contributed by atoms with Crippen LogP contribution >= 0.6 is 0 Å². The number of carbonyl (C=O) groups excluding carboxylic acids is 3. The zero-order chi connectivity index (χ0) is 24.8. The Balaban J connectivity index is 2.11. The van der Waals surface area contributed by atoms with Gasteiger partial charge in [0.05, 0.1) is 40.7 Å². The lowest BCUT2D eigenvalue weighted by Gasteiger charge is -2.55. The number of hydrogen-bond acceptors (Lipinski definition) is 10. The maximum absolute atomic E-state index is 13.7. The number of nitrogens with zero attached hydrogens (tertiary/aromatic N) is 1. The second-order valence-electron chi connectivity index (χ2n) is 9.06. The molecule has 1 amide bonds. The van der Waals surface area contributed by atoms with Crippen molar-refractivity contribution in [2.75, 3.05) is 14.1 Å². The molecule has 0 heterocycles. The van der Waals surface area contributed by atoms with Gasteiger partial charge in [0.2, 0.25) is 5.78 Å². The molecule has 11 nitrogen and oxygen atoms in total. The summed E-state index contributed by atoms with van der Waals surface area (Å²) < 4.78 is 0. The van der Waals surface area contributed by atoms with Crippen molar-refractivity contribution in [2.24, 2.45) is 17.6 Å². The van der Waals surface area contributed by atoms with Crippen LogP contribution in [0, 0.1) is 11.8 Å². The maximum Gasteiger partial charge on any atom is 0.255 e. The first-order valence-corrected chi connectivity index (χ1v) is 10.1. The number of fused-ring (bicyclic) bond motifs is 3. The van der Waals surface area contributed by atoms with Crippen LogP contribution in [0.5, 0.6) is 5.75 Å². The van der Waals surface area contributed by atoms with Gasteiger partial charge in [-0.1, -0.05) is 12.1 Å². The lowest BCUT2D eigenvalue weighted by Crippen LogP contribution is -2.71. The molecule has 0 aromatic heterocycles. The number of phenolic OH excluding ortho intramolecular Hbond substituents is 1. The maximum atomic E-state index is 13.7. The number of likely N-dealkylation sites (N-methyl/N-ethyl adjacent to an activating group) is 1. The number of Topliss-reactive ketones (excluding diaryl/α,β-unsaturated/α-hetero) is 2. The smallest absolute Gasteiger partial charge is 0.255 e. The molecule has 4 rings (SSSR count). The summed E-state index contributed by atoms with van der Waals surface area (Å²) in [5, 5.41) is 66.3. The number of aliphatic hydroxyl groups is 5. The standard InChI is InChI=1S/C22H24N2O9/c1-21(32)7-5-4-6-8(25)9(7)15(26)10-12(21)17(28)13-14(24(2)3)16(27)11(20(23)31)19(30)22(13,33)18(10)29/h4-6,12-14,17,25-26,28,30,32-33H,1-3H3,(H2,23,31)/t12?,13?,14-,17-,21+,22-/m0/s1. The summed E-state index contributed by atoms with van der Waals surface area (Å²) in [6.45, 7) is 1.25. The molecule has 8 N–H and O–H groups in total. The molecule has 3 aliphatic carbocycles. The van der Waals surface area contributed by atoms with E-state index in [1.54, 1.807) is 0 Å². The minimum Gasteiger partial charge on any atom is -0.508 e. The van der Waals surface area contributed by atoms with Gasteiger partial charge in [-0.3, -0.25) is 19.3 Å². The molecule has 176 valence electrons. The Morgan fingerprint density at radius 2 is 1.73 bits per heavy atom. The summed E-state index contributed by atoms with van der Waals surface area (Å²) in [5.41, 5.74) is -1.78. The van der Waals surface area contributed by atoms with Crippen molar-refractivity contribution in [3.8, 4) is 5.75 Å². The van der Waals surface area contributed by atoms with Crippen molar-refractivity contribution in [2.45, 2.75) is 30.3 Å². The monoisotopic (exact) mass is 460 g/mol. The summed E-state index contributed by atoms with van der Waals surface area (Å²) in [6, 6.07) is 2.50. The second kappa shape index (κ2) is 6.87. The van der Waals surface area contributed by atoms with E-state index in [0.29, 0.717) is 0 Å². The fourth-order valence-corrected chi connectivity index (χ4v) is 5.60. The summed E-state index contributed by atoms with van der Waals surface area (Å²) in [6.07, 6.45) is -1.87. The van der Waals surface area contributed by atoms with E-state index in [9.17, 15) is 45.0 Å². The lowest BCUT2D eigenvalue weighted by molar-refractivity contribution is -0.181. The highest BCUT2D eigenvalue weighted by molar-refractivity contribution is 6.24. The van der Waals surface area contributed by atoms with Crippen LogP contribution in [0.2, 0.25) is 0 Å². The Bertz CT molecular complexity index is 1180. The Kier molecular flexibility index (Phi) is 4.78. The molecule has 3 aliphatic rings. The zero-order valence-electron chi connectivity index (χ0n) is 18.0. The SMILES string of the molecule is CN(C)[C@@H]1C(=O)C(C(N)=O)=C(O)[C@@]2(O)C(=O)C3=C(O)c4c(O)cccc4[C@@](C)(O)C3[C@H](O)C12. The fraction of sp³-hybridized carbons (Fsp3) is 0.409. The first kappa shape index (κ1) is 22.9. The molecule has 0 saturated heterocycles. The Labute approximate surface area is 187 Å². The van der Waals surface area contributed by atoms with Gasteiger partial charge < -0.3 is 36.4 Å². The molecule has 0 aliphatic heterocycles. The predicted molar refractivity (Wildman–Crippen MR) is 112 cm³/mol. The van der Waals surface area contributed by atoms with Crippen LogP contribution in [-0.4, -0.2) is 84.9 Å². The largest absolute Gasteiger partial charge is 0.508 e. The number of ketones is 2. The molecule has 11 heteroatoms. The Hall–Kier alpha value is -3.25. The van der Waals surface area contributed by atoms with Crippen molar-refractivity contribution in [3.05, 3.63) is 46.2 Å². The molecule has 0 bridgehead atoms. The summed E-state index contributed by atoms with van der Waals surface area (Å²) in [5.74, 6) is -9.67. The van der Waals surface area contributed by atoms with Crippen molar-refractivity contribution >= 4 is 23.2 Å². The third kappa shape index (κ3) is 2.61. The minimum absolute atomic E-state index is 0.00664. The summed E-state index contributed by atoms with van der Waals surface area (Å²) in [7, 11) is 2.80. The number of benzene rings is 1. The third-order valence-corrected chi connectivity index (χ3v) is 7.03. The first-order valence-electron chi connectivity index (χ1n) is 10.1. The van der Waals surface area contributed by atoms with Crippen LogP contribution in [0.4, 0.5) is 0 Å². The van der Waals surface area contributed by atoms with Gasteiger partial charge in [-0.15, -0.1) is 0 Å². The molecule has 1 saturated carbocycles. The number of aliphatic hydroxyl groups excluding tert-OH is 3. The Morgan fingerprint density at radius 3 is 2.27 bits per heavy atom. The van der Waals surface area contributed by atoms with Gasteiger partial charge in [0.1, 0.15) is 22.8 Å². The Morgan fingerprint density at radius 1 is 1.12 bits per heavy atom. The number of amides is 1. The molecule has 0 radical (unpaired) electrons. The molecule has 1 aromatic rings. The molecule has 2 unspecified atom stereocenters. The molecule has 1 aromatic carbocycles. The average molecular weight is 460 g/mol. The van der Waals surface area contributed by atoms with Crippen molar-refractivity contribution < 1.29 is 45.0 Å². The quantitative estimate of drug-likeness (QED) is 0.257. The number of nitrogens with two attached hydrogens (primary N) is 1. The van der Waals surface area contributed by atoms with Crippen LogP contribution < -0.4 is 5.73 Å². The van der Waals surface area contributed by atoms with E-state index in [2.05, 4.69) is 0 Å². The molecule has 33 heavy (non-hydrogen) atoms. The highest BCUT2D eigenvalue weighted by Gasteiger charge is 2.70. The van der Waals surface area contributed by atoms with Gasteiger partial charge in [0.25, 0.3) is 5.91 Å². The van der Waals surface area contributed by atoms with Crippen LogP contribution in [-0.2, 0) is 20.0 Å². The molecule has 0 spiro atoms. The fourth-order valence-electron chi connectivity index (χ4n) is 5.60. The van der Waals surface area contributed by atoms with Gasteiger partial charge in [-0.2, -0.15) is 0 Å². The van der Waals surface area contributed by atoms with Crippen LogP contribution in [0.15, 0.2) is 35.1 Å². The van der Waals surface area contributed by atoms with E-state index in [-0.39, 0.29) is 11.1 Å². The topological polar surface area (TPSA) is 202 Å². The average Bonchev–Trinajstić information content (AvgIpc) is 2.70.